The lowest BCUT2D eigenvalue weighted by molar-refractivity contribution is -0.122. The first-order valence-corrected chi connectivity index (χ1v) is 8.65. The summed E-state index contributed by atoms with van der Waals surface area (Å²) in [6.07, 6.45) is 5.52. The van der Waals surface area contributed by atoms with E-state index in [1.165, 1.54) is 16.4 Å². The number of nitrogens with zero attached hydrogens (tertiary/aromatic N) is 5. The van der Waals surface area contributed by atoms with E-state index in [0.29, 0.717) is 5.00 Å². The maximum Gasteiger partial charge on any atom is 0.238 e. The molecular formula is C14H24N6O2S. The second kappa shape index (κ2) is 5.95. The van der Waals surface area contributed by atoms with E-state index in [1.54, 1.807) is 15.2 Å². The zero-order valence-corrected chi connectivity index (χ0v) is 14.8. The van der Waals surface area contributed by atoms with E-state index in [4.69, 9.17) is 0 Å². The number of H-pyrrole nitrogens is 1. The summed E-state index contributed by atoms with van der Waals surface area (Å²) >= 11 is 1.34. The molecule has 1 aromatic rings. The molecule has 0 spiro atoms. The van der Waals surface area contributed by atoms with Crippen molar-refractivity contribution in [2.24, 2.45) is 11.8 Å². The number of fused-ring (bicyclic) bond motifs is 1. The standard InChI is InChI=1S/C14H24N6O2S/c1-16(2)18-9-12(23-20(15-18)17(3)4)19-13(21)10-7-5-6-8-11(10)14(19)22/h9-11,15H,5-8H2,1-4H3. The molecule has 0 aromatic carbocycles. The molecule has 1 saturated carbocycles. The summed E-state index contributed by atoms with van der Waals surface area (Å²) in [6.45, 7) is 0. The van der Waals surface area contributed by atoms with Crippen LogP contribution in [0.25, 0.3) is 0 Å². The van der Waals surface area contributed by atoms with Crippen molar-refractivity contribution in [1.29, 1.82) is 0 Å². The monoisotopic (exact) mass is 340 g/mol. The smallest absolute Gasteiger partial charge is 0.238 e. The molecule has 2 atom stereocenters. The first kappa shape index (κ1) is 16.0. The Labute approximate surface area is 139 Å². The van der Waals surface area contributed by atoms with Gasteiger partial charge in [-0.2, -0.15) is 10.0 Å². The van der Waals surface area contributed by atoms with E-state index in [-0.39, 0.29) is 23.7 Å². The van der Waals surface area contributed by atoms with Gasteiger partial charge in [-0.3, -0.25) is 14.6 Å². The fraction of sp³-hybridized carbons (Fsp3) is 0.714. The van der Waals surface area contributed by atoms with Crippen LogP contribution in [0.1, 0.15) is 25.7 Å². The van der Waals surface area contributed by atoms with Gasteiger partial charge in [0.1, 0.15) is 5.00 Å². The van der Waals surface area contributed by atoms with Crippen LogP contribution in [0.3, 0.4) is 0 Å². The predicted octanol–water partition coefficient (Wildman–Crippen LogP) is 0.878. The van der Waals surface area contributed by atoms with Gasteiger partial charge in [-0.05, 0) is 12.8 Å². The van der Waals surface area contributed by atoms with Gasteiger partial charge in [0.2, 0.25) is 11.8 Å². The number of aromatic nitrogens is 3. The Morgan fingerprint density at radius 3 is 2.09 bits per heavy atom. The van der Waals surface area contributed by atoms with Gasteiger partial charge in [-0.1, -0.05) is 12.8 Å². The Morgan fingerprint density at radius 1 is 1.04 bits per heavy atom. The van der Waals surface area contributed by atoms with E-state index in [2.05, 4.69) is 5.21 Å². The topological polar surface area (TPSA) is 69.5 Å². The molecule has 128 valence electrons. The van der Waals surface area contributed by atoms with Crippen LogP contribution < -0.4 is 14.9 Å². The van der Waals surface area contributed by atoms with Crippen LogP contribution in [0.2, 0.25) is 0 Å². The summed E-state index contributed by atoms with van der Waals surface area (Å²) in [5, 5.41) is 7.48. The molecule has 2 aliphatic rings. The number of carbonyl (C=O) groups is 2. The van der Waals surface area contributed by atoms with Crippen molar-refractivity contribution >= 4 is 28.3 Å². The van der Waals surface area contributed by atoms with E-state index in [0.717, 1.165) is 25.7 Å². The fourth-order valence-electron chi connectivity index (χ4n) is 3.21. The number of hydrogen-bond donors (Lipinski definition) is 1. The van der Waals surface area contributed by atoms with Gasteiger partial charge in [0, 0.05) is 39.7 Å². The maximum atomic E-state index is 12.8. The van der Waals surface area contributed by atoms with Crippen LogP contribution in [0.15, 0.2) is 6.20 Å². The number of carbonyl (C=O) groups excluding carboxylic acids is 2. The number of hydrogen-bond acceptors (Lipinski definition) is 5. The van der Waals surface area contributed by atoms with Crippen LogP contribution in [0.4, 0.5) is 5.00 Å². The van der Waals surface area contributed by atoms with Crippen molar-refractivity contribution in [2.45, 2.75) is 25.7 Å². The number of aromatic amines is 1. The number of amides is 2. The van der Waals surface area contributed by atoms with Crippen LogP contribution in [-0.2, 0) is 9.59 Å². The average molecular weight is 340 g/mol. The highest BCUT2D eigenvalue weighted by molar-refractivity contribution is 7.10. The minimum absolute atomic E-state index is 0.0437. The third-order valence-corrected chi connectivity index (χ3v) is 5.51. The van der Waals surface area contributed by atoms with Gasteiger partial charge in [-0.25, -0.2) is 4.90 Å². The van der Waals surface area contributed by atoms with Crippen LogP contribution in [0, 0.1) is 11.8 Å². The molecular weight excluding hydrogens is 316 g/mol. The van der Waals surface area contributed by atoms with E-state index >= 15 is 0 Å². The van der Waals surface area contributed by atoms with E-state index < -0.39 is 0 Å². The number of nitrogens with one attached hydrogen (secondary N) is 1. The molecule has 2 heterocycles. The van der Waals surface area contributed by atoms with Gasteiger partial charge in [0.25, 0.3) is 0 Å². The van der Waals surface area contributed by atoms with Crippen LogP contribution >= 0.6 is 11.5 Å². The molecule has 9 heteroatoms. The third-order valence-electron chi connectivity index (χ3n) is 4.46. The molecule has 0 bridgehead atoms. The average Bonchev–Trinajstić information content (AvgIpc) is 2.79. The Hall–Kier alpha value is -1.90. The fourth-order valence-corrected chi connectivity index (χ4v) is 4.08. The minimum atomic E-state index is -0.131. The molecule has 8 nitrogen and oxygen atoms in total. The van der Waals surface area contributed by atoms with Crippen molar-refractivity contribution < 1.29 is 9.59 Å². The first-order valence-electron chi connectivity index (χ1n) is 7.88. The maximum absolute atomic E-state index is 12.8. The highest BCUT2D eigenvalue weighted by atomic mass is 32.1. The lowest BCUT2D eigenvalue weighted by Crippen LogP contribution is -2.37. The van der Waals surface area contributed by atoms with Gasteiger partial charge in [0.05, 0.1) is 18.0 Å². The summed E-state index contributed by atoms with van der Waals surface area (Å²) in [5.74, 6) is -0.350. The normalized spacial score (nSPS) is 23.9. The third kappa shape index (κ3) is 2.73. The highest BCUT2D eigenvalue weighted by Crippen LogP contribution is 2.40. The molecule has 0 radical (unpaired) electrons. The molecule has 1 aliphatic carbocycles. The van der Waals surface area contributed by atoms with Crippen molar-refractivity contribution in [3.8, 4) is 0 Å². The van der Waals surface area contributed by atoms with Crippen molar-refractivity contribution in [2.75, 3.05) is 43.1 Å². The summed E-state index contributed by atoms with van der Waals surface area (Å²) in [6, 6.07) is 0. The van der Waals surface area contributed by atoms with Crippen molar-refractivity contribution in [3.63, 3.8) is 0 Å². The van der Waals surface area contributed by atoms with Crippen molar-refractivity contribution in [3.05, 3.63) is 6.20 Å². The summed E-state index contributed by atoms with van der Waals surface area (Å²) in [7, 11) is 7.56. The summed E-state index contributed by atoms with van der Waals surface area (Å²) in [5.41, 5.74) is 0. The molecule has 1 saturated heterocycles. The molecule has 23 heavy (non-hydrogen) atoms. The Balaban J connectivity index is 2.03. The molecule has 3 rings (SSSR count). The molecule has 1 aromatic heterocycles. The second-order valence-corrected chi connectivity index (χ2v) is 7.43. The largest absolute Gasteiger partial charge is 0.303 e. The van der Waals surface area contributed by atoms with Crippen LogP contribution in [0.5, 0.6) is 0 Å². The second-order valence-electron chi connectivity index (χ2n) is 6.48. The Bertz CT molecular complexity index is 600. The predicted molar refractivity (Wildman–Crippen MR) is 90.3 cm³/mol. The first-order chi connectivity index (χ1) is 10.9. The number of rotatable bonds is 3. The molecule has 2 fully saturated rings. The zero-order chi connectivity index (χ0) is 16.7. The van der Waals surface area contributed by atoms with Gasteiger partial charge < -0.3 is 5.01 Å². The van der Waals surface area contributed by atoms with Gasteiger partial charge >= 0.3 is 0 Å². The molecule has 1 N–H and O–H groups in total. The minimum Gasteiger partial charge on any atom is -0.303 e. The Kier molecular flexibility index (Phi) is 4.13. The van der Waals surface area contributed by atoms with E-state index in [9.17, 15) is 9.59 Å². The van der Waals surface area contributed by atoms with E-state index in [1.807, 2.05) is 38.2 Å². The lowest BCUT2D eigenvalue weighted by Gasteiger charge is -2.25. The number of imide groups is 1. The van der Waals surface area contributed by atoms with Gasteiger partial charge in [0.15, 0.2) is 0 Å². The molecule has 2 amide bonds. The molecule has 1 aliphatic heterocycles. The summed E-state index contributed by atoms with van der Waals surface area (Å²) < 4.78 is 1.78. The lowest BCUT2D eigenvalue weighted by atomic mass is 9.81. The zero-order valence-electron chi connectivity index (χ0n) is 14.0. The Morgan fingerprint density at radius 2 is 1.61 bits per heavy atom. The molecule has 2 unspecified atom stereocenters. The SMILES string of the molecule is CN(C)n1cc(N2C(=O)C3CCCCC3C2=O)sn(N(C)C)[nH]1. The quantitative estimate of drug-likeness (QED) is 0.830. The number of anilines is 1. The highest BCUT2D eigenvalue weighted by Gasteiger charge is 2.49. The van der Waals surface area contributed by atoms with Crippen molar-refractivity contribution in [1.82, 2.24) is 14.2 Å². The van der Waals surface area contributed by atoms with Crippen LogP contribution in [-0.4, -0.2) is 54.2 Å². The van der Waals surface area contributed by atoms with Gasteiger partial charge in [-0.15, -0.1) is 4.18 Å². The summed E-state index contributed by atoms with van der Waals surface area (Å²) in [4.78, 5) is 28.7.